The number of carbonyl (C=O) groups excluding carboxylic acids is 1. The van der Waals surface area contributed by atoms with Crippen LogP contribution in [0.15, 0.2) is 9.59 Å². The number of piperazine rings is 1. The summed E-state index contributed by atoms with van der Waals surface area (Å²) < 4.78 is 4.59. The number of aromatic nitrogens is 3. The lowest BCUT2D eigenvalue weighted by molar-refractivity contribution is -0.141. The summed E-state index contributed by atoms with van der Waals surface area (Å²) in [5.74, 6) is -0.0107. The minimum Gasteiger partial charge on any atom is -0.469 e. The molecule has 0 atom stereocenters. The average molecular weight is 283 g/mol. The lowest BCUT2D eigenvalue weighted by Crippen LogP contribution is -2.49. The molecule has 0 saturated carbocycles. The Morgan fingerprint density at radius 3 is 2.60 bits per heavy atom. The molecule has 0 amide bonds. The van der Waals surface area contributed by atoms with Crippen molar-refractivity contribution in [2.75, 3.05) is 44.7 Å². The van der Waals surface area contributed by atoms with E-state index < -0.39 is 11.2 Å². The Labute approximate surface area is 114 Å². The van der Waals surface area contributed by atoms with E-state index in [2.05, 4.69) is 24.8 Å². The standard InChI is InChI=1S/C11H17N5O4/c1-20-8(17)2-3-15-4-6-16(7-5-15)9-10(18)12-11(19)14-13-9/h2-7H2,1H3,(H2,12,14,18,19). The molecule has 0 spiro atoms. The van der Waals surface area contributed by atoms with E-state index in [1.165, 1.54) is 7.11 Å². The van der Waals surface area contributed by atoms with Crippen LogP contribution >= 0.6 is 0 Å². The lowest BCUT2D eigenvalue weighted by atomic mass is 10.3. The number of ether oxygens (including phenoxy) is 1. The van der Waals surface area contributed by atoms with Crippen LogP contribution in [0.1, 0.15) is 6.42 Å². The van der Waals surface area contributed by atoms with Crippen molar-refractivity contribution in [3.8, 4) is 0 Å². The van der Waals surface area contributed by atoms with Crippen LogP contribution in [0.4, 0.5) is 5.82 Å². The average Bonchev–Trinajstić information content (AvgIpc) is 2.45. The summed E-state index contributed by atoms with van der Waals surface area (Å²) in [5.41, 5.74) is -1.10. The van der Waals surface area contributed by atoms with E-state index in [0.717, 1.165) is 13.1 Å². The van der Waals surface area contributed by atoms with Crippen LogP contribution in [0.3, 0.4) is 0 Å². The van der Waals surface area contributed by atoms with E-state index >= 15 is 0 Å². The first-order valence-corrected chi connectivity index (χ1v) is 6.33. The molecule has 110 valence electrons. The summed E-state index contributed by atoms with van der Waals surface area (Å²) in [6.45, 7) is 3.30. The number of H-pyrrole nitrogens is 2. The fraction of sp³-hybridized carbons (Fsp3) is 0.636. The number of carbonyl (C=O) groups is 1. The number of hydrogen-bond donors (Lipinski definition) is 2. The maximum Gasteiger partial charge on any atom is 0.342 e. The number of esters is 1. The molecule has 9 nitrogen and oxygen atoms in total. The first-order chi connectivity index (χ1) is 9.60. The molecule has 1 saturated heterocycles. The SMILES string of the molecule is COC(=O)CCN1CCN(c2n[nH]c(=O)[nH]c2=O)CC1. The first-order valence-electron chi connectivity index (χ1n) is 6.33. The van der Waals surface area contributed by atoms with Crippen molar-refractivity contribution in [2.45, 2.75) is 6.42 Å². The lowest BCUT2D eigenvalue weighted by Gasteiger charge is -2.34. The zero-order valence-corrected chi connectivity index (χ0v) is 11.2. The number of nitrogens with zero attached hydrogens (tertiary/aromatic N) is 3. The Morgan fingerprint density at radius 2 is 2.00 bits per heavy atom. The van der Waals surface area contributed by atoms with E-state index in [4.69, 9.17) is 0 Å². The Hall–Kier alpha value is -2.16. The van der Waals surface area contributed by atoms with Gasteiger partial charge in [0.25, 0.3) is 5.56 Å². The smallest absolute Gasteiger partial charge is 0.342 e. The number of rotatable bonds is 4. The van der Waals surface area contributed by atoms with E-state index in [-0.39, 0.29) is 11.8 Å². The molecule has 2 heterocycles. The molecular weight excluding hydrogens is 266 g/mol. The van der Waals surface area contributed by atoms with Crippen LogP contribution in [0.2, 0.25) is 0 Å². The quantitative estimate of drug-likeness (QED) is 0.623. The summed E-state index contributed by atoms with van der Waals surface area (Å²) in [6.07, 6.45) is 0.355. The Balaban J connectivity index is 1.89. The van der Waals surface area contributed by atoms with E-state index in [1.54, 1.807) is 0 Å². The molecule has 0 radical (unpaired) electrons. The van der Waals surface area contributed by atoms with E-state index in [9.17, 15) is 14.4 Å². The predicted molar refractivity (Wildman–Crippen MR) is 70.8 cm³/mol. The van der Waals surface area contributed by atoms with Gasteiger partial charge in [-0.1, -0.05) is 0 Å². The second-order valence-corrected chi connectivity index (χ2v) is 4.49. The van der Waals surface area contributed by atoms with Gasteiger partial charge in [-0.05, 0) is 0 Å². The normalized spacial score (nSPS) is 16.1. The van der Waals surface area contributed by atoms with Crippen molar-refractivity contribution >= 4 is 11.8 Å². The van der Waals surface area contributed by atoms with Crippen molar-refractivity contribution in [3.05, 3.63) is 20.8 Å². The molecule has 0 aromatic carbocycles. The molecule has 1 aliphatic heterocycles. The minimum atomic E-state index is -0.615. The van der Waals surface area contributed by atoms with Gasteiger partial charge in [0.15, 0.2) is 0 Å². The summed E-state index contributed by atoms with van der Waals surface area (Å²) in [7, 11) is 1.37. The Kier molecular flexibility index (Phi) is 4.51. The van der Waals surface area contributed by atoms with Crippen molar-refractivity contribution in [1.29, 1.82) is 0 Å². The predicted octanol–water partition coefficient (Wildman–Crippen LogP) is -1.86. The van der Waals surface area contributed by atoms with Gasteiger partial charge in [-0.2, -0.15) is 0 Å². The third-order valence-corrected chi connectivity index (χ3v) is 3.23. The highest BCUT2D eigenvalue weighted by Crippen LogP contribution is 2.07. The van der Waals surface area contributed by atoms with Crippen LogP contribution < -0.4 is 16.1 Å². The van der Waals surface area contributed by atoms with Crippen molar-refractivity contribution < 1.29 is 9.53 Å². The molecule has 1 aromatic rings. The molecule has 1 aromatic heterocycles. The maximum absolute atomic E-state index is 11.6. The molecule has 1 fully saturated rings. The van der Waals surface area contributed by atoms with Gasteiger partial charge in [0.2, 0.25) is 5.82 Å². The third-order valence-electron chi connectivity index (χ3n) is 3.23. The number of anilines is 1. The van der Waals surface area contributed by atoms with Gasteiger partial charge in [0, 0.05) is 32.7 Å². The zero-order chi connectivity index (χ0) is 14.5. The van der Waals surface area contributed by atoms with Gasteiger partial charge in [-0.3, -0.25) is 19.5 Å². The molecule has 2 N–H and O–H groups in total. The number of aromatic amines is 2. The minimum absolute atomic E-state index is 0.220. The second-order valence-electron chi connectivity index (χ2n) is 4.49. The summed E-state index contributed by atoms with van der Waals surface area (Å²) in [4.78, 5) is 39.7. The molecule has 0 unspecified atom stereocenters. The highest BCUT2D eigenvalue weighted by Gasteiger charge is 2.20. The summed E-state index contributed by atoms with van der Waals surface area (Å²) in [6, 6.07) is 0. The zero-order valence-electron chi connectivity index (χ0n) is 11.2. The van der Waals surface area contributed by atoms with Crippen LogP contribution in [-0.4, -0.2) is 65.9 Å². The molecule has 9 heteroatoms. The fourth-order valence-electron chi connectivity index (χ4n) is 2.09. The highest BCUT2D eigenvalue weighted by molar-refractivity contribution is 5.69. The largest absolute Gasteiger partial charge is 0.469 e. The van der Waals surface area contributed by atoms with Crippen LogP contribution in [0.25, 0.3) is 0 Å². The Morgan fingerprint density at radius 1 is 1.30 bits per heavy atom. The van der Waals surface area contributed by atoms with Gasteiger partial charge in [0.1, 0.15) is 0 Å². The molecule has 1 aliphatic rings. The van der Waals surface area contributed by atoms with Gasteiger partial charge < -0.3 is 9.64 Å². The topological polar surface area (TPSA) is 111 Å². The van der Waals surface area contributed by atoms with Crippen molar-refractivity contribution in [3.63, 3.8) is 0 Å². The van der Waals surface area contributed by atoms with Crippen molar-refractivity contribution in [1.82, 2.24) is 20.1 Å². The number of methoxy groups -OCH3 is 1. The van der Waals surface area contributed by atoms with Gasteiger partial charge in [-0.25, -0.2) is 9.89 Å². The van der Waals surface area contributed by atoms with E-state index in [0.29, 0.717) is 26.1 Å². The second kappa shape index (κ2) is 6.33. The van der Waals surface area contributed by atoms with E-state index in [1.807, 2.05) is 4.90 Å². The van der Waals surface area contributed by atoms with Crippen LogP contribution in [-0.2, 0) is 9.53 Å². The summed E-state index contributed by atoms with van der Waals surface area (Å²) in [5, 5.41) is 5.99. The summed E-state index contributed by atoms with van der Waals surface area (Å²) >= 11 is 0. The molecular formula is C11H17N5O4. The van der Waals surface area contributed by atoms with Crippen LogP contribution in [0.5, 0.6) is 0 Å². The fourth-order valence-corrected chi connectivity index (χ4v) is 2.09. The van der Waals surface area contributed by atoms with Gasteiger partial charge >= 0.3 is 11.7 Å². The molecule has 0 bridgehead atoms. The first kappa shape index (κ1) is 14.3. The number of nitrogens with one attached hydrogen (secondary N) is 2. The third kappa shape index (κ3) is 3.44. The Bertz CT molecular complexity index is 573. The number of hydrogen-bond acceptors (Lipinski definition) is 7. The molecule has 2 rings (SSSR count). The maximum atomic E-state index is 11.6. The van der Waals surface area contributed by atoms with Crippen LogP contribution in [0, 0.1) is 0 Å². The molecule has 20 heavy (non-hydrogen) atoms. The van der Waals surface area contributed by atoms with Crippen molar-refractivity contribution in [2.24, 2.45) is 0 Å². The molecule has 0 aliphatic carbocycles. The highest BCUT2D eigenvalue weighted by atomic mass is 16.5. The van der Waals surface area contributed by atoms with Gasteiger partial charge in [0.05, 0.1) is 13.5 Å². The van der Waals surface area contributed by atoms with Gasteiger partial charge in [-0.15, -0.1) is 5.10 Å². The monoisotopic (exact) mass is 283 g/mol.